The molecule has 2 spiro atoms. The van der Waals surface area contributed by atoms with E-state index < -0.39 is 0 Å². The molecule has 4 saturated heterocycles. The van der Waals surface area contributed by atoms with Gasteiger partial charge in [0.05, 0.1) is 5.54 Å². The molecule has 7 rings (SSSR count). The van der Waals surface area contributed by atoms with Crippen LogP contribution in [0.5, 0.6) is 0 Å². The number of H-pyrrole nitrogens is 1. The molecule has 4 nitrogen and oxygen atoms in total. The minimum atomic E-state index is -0.264. The lowest BCUT2D eigenvalue weighted by Gasteiger charge is -2.68. The third-order valence-electron chi connectivity index (χ3n) is 9.11. The Morgan fingerprint density at radius 3 is 2.90 bits per heavy atom. The molecular weight excluding hydrogens is 382 g/mol. The predicted molar refractivity (Wildman–Crippen MR) is 125 cm³/mol. The van der Waals surface area contributed by atoms with Gasteiger partial charge in [-0.2, -0.15) is 0 Å². The second-order valence-electron chi connectivity index (χ2n) is 11.5. The number of fused-ring (bicyclic) bond motifs is 4. The van der Waals surface area contributed by atoms with E-state index in [9.17, 15) is 4.79 Å². The molecule has 164 valence electrons. The Labute approximate surface area is 185 Å². The molecule has 4 aliphatic heterocycles. The van der Waals surface area contributed by atoms with Crippen LogP contribution in [-0.2, 0) is 23.1 Å². The number of allylic oxidation sites excluding steroid dienone is 2. The molecule has 4 heteroatoms. The molecule has 31 heavy (non-hydrogen) atoms. The summed E-state index contributed by atoms with van der Waals surface area (Å²) < 4.78 is 0. The molecular formula is C27H35N3O. The normalized spacial score (nSPS) is 33.4. The number of hydrogen-bond acceptors (Lipinski definition) is 2. The molecule has 1 amide bonds. The summed E-state index contributed by atoms with van der Waals surface area (Å²) in [7, 11) is 0. The van der Waals surface area contributed by atoms with Crippen molar-refractivity contribution in [1.82, 2.24) is 15.2 Å². The van der Waals surface area contributed by atoms with Crippen molar-refractivity contribution in [3.8, 4) is 0 Å². The number of amides is 1. The fourth-order valence-electron chi connectivity index (χ4n) is 7.57. The number of rotatable bonds is 2. The molecule has 5 heterocycles. The SMILES string of the molecule is CC(C)=CCc1cccc2c3c([nH]c12)C(C)(C)C1CC24CCCCN2CC1(C3)NC4=O. The zero-order valence-corrected chi connectivity index (χ0v) is 19.4. The zero-order valence-electron chi connectivity index (χ0n) is 19.4. The molecule has 5 aliphatic rings. The number of hydrogen-bond donors (Lipinski definition) is 2. The van der Waals surface area contributed by atoms with Crippen molar-refractivity contribution in [2.24, 2.45) is 5.92 Å². The van der Waals surface area contributed by atoms with Crippen LogP contribution in [0.2, 0.25) is 0 Å². The second-order valence-corrected chi connectivity index (χ2v) is 11.5. The number of piperidine rings is 3. The summed E-state index contributed by atoms with van der Waals surface area (Å²) in [4.78, 5) is 19.9. The Kier molecular flexibility index (Phi) is 3.95. The van der Waals surface area contributed by atoms with Gasteiger partial charge in [0, 0.05) is 28.6 Å². The Morgan fingerprint density at radius 1 is 1.26 bits per heavy atom. The van der Waals surface area contributed by atoms with Gasteiger partial charge in [-0.1, -0.05) is 43.7 Å². The largest absolute Gasteiger partial charge is 0.357 e. The minimum absolute atomic E-state index is 0.00459. The smallest absolute Gasteiger partial charge is 0.241 e. The van der Waals surface area contributed by atoms with Crippen molar-refractivity contribution < 1.29 is 4.79 Å². The van der Waals surface area contributed by atoms with Gasteiger partial charge in [0.15, 0.2) is 0 Å². The summed E-state index contributed by atoms with van der Waals surface area (Å²) in [6.45, 7) is 11.3. The van der Waals surface area contributed by atoms with Gasteiger partial charge in [-0.15, -0.1) is 0 Å². The Morgan fingerprint density at radius 2 is 2.10 bits per heavy atom. The number of carbonyl (C=O) groups is 1. The summed E-state index contributed by atoms with van der Waals surface area (Å²) in [5.41, 5.74) is 6.46. The van der Waals surface area contributed by atoms with Gasteiger partial charge in [0.1, 0.15) is 5.54 Å². The first-order chi connectivity index (χ1) is 14.8. The molecule has 2 aromatic rings. The van der Waals surface area contributed by atoms with E-state index in [-0.39, 0.29) is 16.5 Å². The highest BCUT2D eigenvalue weighted by molar-refractivity contribution is 5.92. The maximum Gasteiger partial charge on any atom is 0.241 e. The van der Waals surface area contributed by atoms with E-state index in [2.05, 4.69) is 67.2 Å². The maximum absolute atomic E-state index is 13.4. The maximum atomic E-state index is 13.4. The number of nitrogens with one attached hydrogen (secondary N) is 2. The second kappa shape index (κ2) is 6.25. The number of piperazine rings is 1. The molecule has 2 bridgehead atoms. The first-order valence-corrected chi connectivity index (χ1v) is 12.1. The van der Waals surface area contributed by atoms with Crippen LogP contribution < -0.4 is 5.32 Å². The van der Waals surface area contributed by atoms with Crippen LogP contribution in [0.4, 0.5) is 0 Å². The number of benzene rings is 1. The van der Waals surface area contributed by atoms with Crippen LogP contribution in [0.25, 0.3) is 10.9 Å². The fraction of sp³-hybridized carbons (Fsp3) is 0.593. The lowest BCUT2D eigenvalue weighted by Crippen LogP contribution is -2.84. The van der Waals surface area contributed by atoms with Crippen LogP contribution in [0.15, 0.2) is 29.8 Å². The Bertz CT molecular complexity index is 1120. The van der Waals surface area contributed by atoms with Crippen molar-refractivity contribution >= 4 is 16.8 Å². The molecule has 4 fully saturated rings. The van der Waals surface area contributed by atoms with E-state index in [4.69, 9.17) is 0 Å². The van der Waals surface area contributed by atoms with Gasteiger partial charge >= 0.3 is 0 Å². The number of aromatic nitrogens is 1. The number of aromatic amines is 1. The van der Waals surface area contributed by atoms with Gasteiger partial charge in [-0.05, 0) is 76.0 Å². The molecule has 2 N–H and O–H groups in total. The van der Waals surface area contributed by atoms with Crippen molar-refractivity contribution in [2.45, 2.75) is 82.7 Å². The lowest BCUT2D eigenvalue weighted by molar-refractivity contribution is -0.171. The summed E-state index contributed by atoms with van der Waals surface area (Å²) in [6.07, 6.45) is 8.65. The van der Waals surface area contributed by atoms with E-state index >= 15 is 0 Å². The van der Waals surface area contributed by atoms with Gasteiger partial charge < -0.3 is 10.3 Å². The van der Waals surface area contributed by atoms with Crippen LogP contribution >= 0.6 is 0 Å². The summed E-state index contributed by atoms with van der Waals surface area (Å²) in [5.74, 6) is 0.770. The average Bonchev–Trinajstić information content (AvgIpc) is 3.10. The van der Waals surface area contributed by atoms with Crippen molar-refractivity contribution in [2.75, 3.05) is 13.1 Å². The van der Waals surface area contributed by atoms with Crippen LogP contribution in [0, 0.1) is 5.92 Å². The molecule has 3 unspecified atom stereocenters. The number of nitrogens with zero attached hydrogens (tertiary/aromatic N) is 1. The summed E-state index contributed by atoms with van der Waals surface area (Å²) >= 11 is 0. The van der Waals surface area contributed by atoms with Gasteiger partial charge in [-0.25, -0.2) is 0 Å². The molecule has 1 aliphatic carbocycles. The van der Waals surface area contributed by atoms with Gasteiger partial charge in [-0.3, -0.25) is 9.69 Å². The predicted octanol–water partition coefficient (Wildman–Crippen LogP) is 4.62. The lowest BCUT2D eigenvalue weighted by atomic mass is 9.50. The van der Waals surface area contributed by atoms with Gasteiger partial charge in [0.2, 0.25) is 5.91 Å². The Balaban J connectivity index is 1.51. The quantitative estimate of drug-likeness (QED) is 0.700. The topological polar surface area (TPSA) is 48.1 Å². The summed E-state index contributed by atoms with van der Waals surface area (Å²) in [5, 5.41) is 4.98. The van der Waals surface area contributed by atoms with Crippen LogP contribution in [0.3, 0.4) is 0 Å². The molecule has 3 atom stereocenters. The molecule has 1 aromatic carbocycles. The molecule has 0 radical (unpaired) electrons. The third-order valence-corrected chi connectivity index (χ3v) is 9.11. The van der Waals surface area contributed by atoms with Crippen LogP contribution in [-0.4, -0.2) is 40.0 Å². The van der Waals surface area contributed by atoms with Gasteiger partial charge in [0.25, 0.3) is 0 Å². The van der Waals surface area contributed by atoms with Crippen molar-refractivity contribution in [1.29, 1.82) is 0 Å². The highest BCUT2D eigenvalue weighted by atomic mass is 16.2. The molecule has 0 saturated carbocycles. The first kappa shape index (κ1) is 19.6. The van der Waals surface area contributed by atoms with Crippen LogP contribution in [0.1, 0.15) is 70.2 Å². The van der Waals surface area contributed by atoms with E-state index in [0.717, 1.165) is 38.8 Å². The standard InChI is InChI=1S/C27H35N3O/c1-17(2)10-11-18-8-7-9-19-20-14-26-16-30-13-6-5-12-27(30,24(31)29-26)15-21(26)25(3,4)23(20)28-22(18)19/h7-10,21,28H,5-6,11-16H2,1-4H3,(H,29,31). The fourth-order valence-corrected chi connectivity index (χ4v) is 7.57. The zero-order chi connectivity index (χ0) is 21.6. The average molecular weight is 418 g/mol. The van der Waals surface area contributed by atoms with E-state index in [0.29, 0.717) is 11.8 Å². The minimum Gasteiger partial charge on any atom is -0.357 e. The Hall–Kier alpha value is -2.07. The van der Waals surface area contributed by atoms with E-state index in [1.54, 1.807) is 0 Å². The monoisotopic (exact) mass is 417 g/mol. The number of para-hydroxylation sites is 1. The van der Waals surface area contributed by atoms with E-state index in [1.807, 2.05) is 0 Å². The van der Waals surface area contributed by atoms with Crippen molar-refractivity contribution in [3.63, 3.8) is 0 Å². The highest BCUT2D eigenvalue weighted by Crippen LogP contribution is 2.58. The number of carbonyl (C=O) groups excluding carboxylic acids is 1. The molecule has 1 aromatic heterocycles. The first-order valence-electron chi connectivity index (χ1n) is 12.1. The third kappa shape index (κ3) is 2.49. The van der Waals surface area contributed by atoms with Crippen molar-refractivity contribution in [3.05, 3.63) is 46.7 Å². The summed E-state index contributed by atoms with van der Waals surface area (Å²) in [6, 6.07) is 6.74. The highest BCUT2D eigenvalue weighted by Gasteiger charge is 2.67. The van der Waals surface area contributed by atoms with E-state index in [1.165, 1.54) is 46.1 Å².